The van der Waals surface area contributed by atoms with Gasteiger partial charge in [-0.25, -0.2) is 8.78 Å². The number of rotatable bonds is 0. The van der Waals surface area contributed by atoms with Gasteiger partial charge in [0.1, 0.15) is 12.3 Å². The van der Waals surface area contributed by atoms with Gasteiger partial charge in [-0.1, -0.05) is 20.3 Å². The number of alkyl halides is 2. The molecule has 0 radical (unpaired) electrons. The van der Waals surface area contributed by atoms with E-state index in [9.17, 15) is 8.78 Å². The zero-order chi connectivity index (χ0) is 10.3. The molecule has 2 aliphatic carbocycles. The summed E-state index contributed by atoms with van der Waals surface area (Å²) in [5, 5.41) is 0. The largest absolute Gasteiger partial charge is 0.247 e. The molecule has 6 atom stereocenters. The van der Waals surface area contributed by atoms with Gasteiger partial charge >= 0.3 is 0 Å². The summed E-state index contributed by atoms with van der Waals surface area (Å²) in [5.41, 5.74) is 0. The lowest BCUT2D eigenvalue weighted by atomic mass is 9.64. The summed E-state index contributed by atoms with van der Waals surface area (Å²) in [6.07, 6.45) is 1.96. The molecule has 0 N–H and O–H groups in total. The molecular weight excluding hydrogens is 182 g/mol. The zero-order valence-corrected chi connectivity index (χ0v) is 9.05. The lowest BCUT2D eigenvalue weighted by molar-refractivity contribution is -0.0275. The van der Waals surface area contributed by atoms with Gasteiger partial charge in [0.25, 0.3) is 0 Å². The lowest BCUT2D eigenvalue weighted by Gasteiger charge is -2.44. The number of hydrogen-bond acceptors (Lipinski definition) is 0. The summed E-state index contributed by atoms with van der Waals surface area (Å²) in [4.78, 5) is 0. The van der Waals surface area contributed by atoms with Crippen molar-refractivity contribution in [2.45, 2.75) is 51.9 Å². The molecule has 0 saturated heterocycles. The maximum absolute atomic E-state index is 13.9. The lowest BCUT2D eigenvalue weighted by Crippen LogP contribution is -2.44. The molecule has 2 saturated carbocycles. The molecule has 2 aliphatic rings. The normalized spacial score (nSPS) is 54.0. The fourth-order valence-corrected chi connectivity index (χ4v) is 3.31. The van der Waals surface area contributed by atoms with Crippen LogP contribution >= 0.6 is 0 Å². The Kier molecular flexibility index (Phi) is 2.81. The van der Waals surface area contributed by atoms with Crippen LogP contribution in [0.4, 0.5) is 8.78 Å². The number of halogens is 2. The van der Waals surface area contributed by atoms with Crippen molar-refractivity contribution in [2.75, 3.05) is 0 Å². The van der Waals surface area contributed by atoms with Crippen LogP contribution in [0.1, 0.15) is 39.5 Å². The standard InChI is InChI=1S/C12H20F2/c1-7-3-4-10-9(5-7)6-11(13)8(2)12(10)14/h7-12H,3-6H2,1-2H3. The molecule has 82 valence electrons. The monoisotopic (exact) mass is 202 g/mol. The molecule has 0 amide bonds. The summed E-state index contributed by atoms with van der Waals surface area (Å²) in [5.74, 6) is 0.780. The first-order valence-electron chi connectivity index (χ1n) is 5.87. The summed E-state index contributed by atoms with van der Waals surface area (Å²) >= 11 is 0. The first kappa shape index (κ1) is 10.4. The Bertz CT molecular complexity index is 204. The molecule has 0 heterocycles. The summed E-state index contributed by atoms with van der Waals surface area (Å²) in [6, 6.07) is 0. The van der Waals surface area contributed by atoms with E-state index >= 15 is 0 Å². The van der Waals surface area contributed by atoms with Crippen molar-refractivity contribution in [3.63, 3.8) is 0 Å². The van der Waals surface area contributed by atoms with E-state index in [1.54, 1.807) is 6.92 Å². The first-order valence-corrected chi connectivity index (χ1v) is 5.87. The van der Waals surface area contributed by atoms with Crippen LogP contribution < -0.4 is 0 Å². The fraction of sp³-hybridized carbons (Fsp3) is 1.00. The van der Waals surface area contributed by atoms with E-state index in [2.05, 4.69) is 6.92 Å². The van der Waals surface area contributed by atoms with E-state index in [0.717, 1.165) is 19.3 Å². The average molecular weight is 202 g/mol. The van der Waals surface area contributed by atoms with Crippen LogP contribution in [0.3, 0.4) is 0 Å². The topological polar surface area (TPSA) is 0 Å². The van der Waals surface area contributed by atoms with Crippen LogP contribution in [0.15, 0.2) is 0 Å². The van der Waals surface area contributed by atoms with Crippen molar-refractivity contribution < 1.29 is 8.78 Å². The second-order valence-electron chi connectivity index (χ2n) is 5.40. The average Bonchev–Trinajstić information content (AvgIpc) is 2.14. The van der Waals surface area contributed by atoms with Crippen molar-refractivity contribution in [3.8, 4) is 0 Å². The van der Waals surface area contributed by atoms with Crippen LogP contribution in [0, 0.1) is 23.7 Å². The molecular formula is C12H20F2. The van der Waals surface area contributed by atoms with Crippen LogP contribution in [0.2, 0.25) is 0 Å². The van der Waals surface area contributed by atoms with E-state index in [-0.39, 0.29) is 11.8 Å². The van der Waals surface area contributed by atoms with Gasteiger partial charge in [0.2, 0.25) is 0 Å². The molecule has 0 aromatic carbocycles. The van der Waals surface area contributed by atoms with Gasteiger partial charge in [-0.05, 0) is 37.0 Å². The molecule has 14 heavy (non-hydrogen) atoms. The minimum atomic E-state index is -0.906. The maximum atomic E-state index is 13.9. The number of hydrogen-bond donors (Lipinski definition) is 0. The van der Waals surface area contributed by atoms with E-state index in [1.165, 1.54) is 0 Å². The van der Waals surface area contributed by atoms with Crippen molar-refractivity contribution >= 4 is 0 Å². The molecule has 2 rings (SSSR count). The summed E-state index contributed by atoms with van der Waals surface area (Å²) in [7, 11) is 0. The Morgan fingerprint density at radius 3 is 2.43 bits per heavy atom. The van der Waals surface area contributed by atoms with Gasteiger partial charge in [0.05, 0.1) is 0 Å². The van der Waals surface area contributed by atoms with Gasteiger partial charge < -0.3 is 0 Å². The van der Waals surface area contributed by atoms with Crippen molar-refractivity contribution in [3.05, 3.63) is 0 Å². The highest BCUT2D eigenvalue weighted by Gasteiger charge is 2.44. The van der Waals surface area contributed by atoms with Crippen LogP contribution in [0.25, 0.3) is 0 Å². The van der Waals surface area contributed by atoms with E-state index in [0.29, 0.717) is 18.3 Å². The highest BCUT2D eigenvalue weighted by molar-refractivity contribution is 4.93. The van der Waals surface area contributed by atoms with Gasteiger partial charge in [-0.3, -0.25) is 0 Å². The third-order valence-electron chi connectivity index (χ3n) is 4.31. The molecule has 0 nitrogen and oxygen atoms in total. The summed E-state index contributed by atoms with van der Waals surface area (Å²) in [6.45, 7) is 3.93. The molecule has 2 heteroatoms. The highest BCUT2D eigenvalue weighted by Crippen LogP contribution is 2.46. The van der Waals surface area contributed by atoms with Gasteiger partial charge in [0.15, 0.2) is 0 Å². The SMILES string of the molecule is CC1CCC2C(C1)CC(F)C(C)C2F. The Hall–Kier alpha value is -0.140. The quantitative estimate of drug-likeness (QED) is 0.561. The molecule has 0 aromatic heterocycles. The van der Waals surface area contributed by atoms with Crippen LogP contribution in [-0.2, 0) is 0 Å². The maximum Gasteiger partial charge on any atom is 0.108 e. The molecule has 2 fully saturated rings. The molecule has 6 unspecified atom stereocenters. The predicted octanol–water partition coefficient (Wildman–Crippen LogP) is 3.75. The summed E-state index contributed by atoms with van der Waals surface area (Å²) < 4.78 is 27.3. The second-order valence-corrected chi connectivity index (χ2v) is 5.40. The van der Waals surface area contributed by atoms with Crippen molar-refractivity contribution in [2.24, 2.45) is 23.7 Å². The zero-order valence-electron chi connectivity index (χ0n) is 9.05. The third-order valence-corrected chi connectivity index (χ3v) is 4.31. The minimum absolute atomic E-state index is 0.160. The minimum Gasteiger partial charge on any atom is -0.247 e. The van der Waals surface area contributed by atoms with Gasteiger partial charge in [-0.2, -0.15) is 0 Å². The van der Waals surface area contributed by atoms with Crippen molar-refractivity contribution in [1.29, 1.82) is 0 Å². The van der Waals surface area contributed by atoms with E-state index in [1.807, 2.05) is 0 Å². The fourth-order valence-electron chi connectivity index (χ4n) is 3.31. The highest BCUT2D eigenvalue weighted by atomic mass is 19.1. The molecule has 0 aliphatic heterocycles. The molecule has 0 aromatic rings. The van der Waals surface area contributed by atoms with E-state index < -0.39 is 12.3 Å². The molecule has 0 spiro atoms. The Balaban J connectivity index is 2.07. The van der Waals surface area contributed by atoms with Gasteiger partial charge in [-0.15, -0.1) is 0 Å². The van der Waals surface area contributed by atoms with E-state index in [4.69, 9.17) is 0 Å². The smallest absolute Gasteiger partial charge is 0.108 e. The van der Waals surface area contributed by atoms with Crippen LogP contribution in [-0.4, -0.2) is 12.3 Å². The molecule has 0 bridgehead atoms. The Labute approximate surface area is 85.1 Å². The predicted molar refractivity (Wildman–Crippen MR) is 53.6 cm³/mol. The Morgan fingerprint density at radius 2 is 1.71 bits per heavy atom. The first-order chi connectivity index (χ1) is 6.59. The van der Waals surface area contributed by atoms with Gasteiger partial charge in [0, 0.05) is 5.92 Å². The Morgan fingerprint density at radius 1 is 1.00 bits per heavy atom. The second kappa shape index (κ2) is 3.79. The van der Waals surface area contributed by atoms with Crippen LogP contribution in [0.5, 0.6) is 0 Å². The third kappa shape index (κ3) is 1.68. The number of fused-ring (bicyclic) bond motifs is 1. The van der Waals surface area contributed by atoms with Crippen molar-refractivity contribution in [1.82, 2.24) is 0 Å².